The highest BCUT2D eigenvalue weighted by Crippen LogP contribution is 2.23. The highest BCUT2D eigenvalue weighted by atomic mass is 19.1. The molecule has 0 aliphatic heterocycles. The molecular formula is C21H13FO4. The Kier molecular flexibility index (Phi) is 3.97. The van der Waals surface area contributed by atoms with Crippen molar-refractivity contribution in [2.24, 2.45) is 0 Å². The summed E-state index contributed by atoms with van der Waals surface area (Å²) in [6.07, 6.45) is 0. The van der Waals surface area contributed by atoms with Crippen LogP contribution in [-0.4, -0.2) is 12.4 Å². The fraction of sp³-hybridized carbons (Fsp3) is 0.0476. The lowest BCUT2D eigenvalue weighted by Gasteiger charge is -2.07. The molecule has 1 aromatic heterocycles. The van der Waals surface area contributed by atoms with Gasteiger partial charge < -0.3 is 9.15 Å². The van der Waals surface area contributed by atoms with Crippen molar-refractivity contribution in [2.45, 2.75) is 0 Å². The van der Waals surface area contributed by atoms with E-state index in [9.17, 15) is 14.0 Å². The Morgan fingerprint density at radius 1 is 0.923 bits per heavy atom. The van der Waals surface area contributed by atoms with E-state index < -0.39 is 5.82 Å². The quantitative estimate of drug-likeness (QED) is 0.406. The van der Waals surface area contributed by atoms with E-state index in [1.54, 1.807) is 42.5 Å². The number of halogens is 1. The van der Waals surface area contributed by atoms with Crippen LogP contribution >= 0.6 is 0 Å². The van der Waals surface area contributed by atoms with Crippen molar-refractivity contribution in [3.63, 3.8) is 0 Å². The Balaban J connectivity index is 1.61. The normalized spacial score (nSPS) is 11.0. The van der Waals surface area contributed by atoms with E-state index >= 15 is 0 Å². The van der Waals surface area contributed by atoms with Crippen LogP contribution in [0.2, 0.25) is 0 Å². The predicted molar refractivity (Wildman–Crippen MR) is 96.2 cm³/mol. The lowest BCUT2D eigenvalue weighted by atomic mass is 10.1. The molecule has 1 heterocycles. The molecule has 0 spiro atoms. The van der Waals surface area contributed by atoms with Gasteiger partial charge in [0, 0.05) is 11.6 Å². The van der Waals surface area contributed by atoms with Gasteiger partial charge in [-0.05, 0) is 48.5 Å². The van der Waals surface area contributed by atoms with Crippen LogP contribution in [0.4, 0.5) is 4.39 Å². The molecule has 4 aromatic rings. The number of carbonyl (C=O) groups excluding carboxylic acids is 1. The van der Waals surface area contributed by atoms with E-state index in [-0.39, 0.29) is 17.8 Å². The van der Waals surface area contributed by atoms with Crippen LogP contribution in [0.25, 0.3) is 21.9 Å². The second-order valence-corrected chi connectivity index (χ2v) is 5.80. The number of fused-ring (bicyclic) bond motifs is 2. The van der Waals surface area contributed by atoms with Crippen LogP contribution in [0.5, 0.6) is 5.75 Å². The zero-order valence-corrected chi connectivity index (χ0v) is 13.6. The maximum Gasteiger partial charge on any atom is 0.200 e. The zero-order valence-electron chi connectivity index (χ0n) is 13.6. The largest absolute Gasteiger partial charge is 0.485 e. The molecule has 0 radical (unpaired) electrons. The first-order valence-corrected chi connectivity index (χ1v) is 7.99. The Labute approximate surface area is 147 Å². The average molecular weight is 348 g/mol. The molecule has 0 atom stereocenters. The van der Waals surface area contributed by atoms with Crippen LogP contribution in [0, 0.1) is 5.82 Å². The minimum atomic E-state index is -0.403. The molecule has 0 bridgehead atoms. The first-order chi connectivity index (χ1) is 12.6. The van der Waals surface area contributed by atoms with Crippen molar-refractivity contribution in [1.29, 1.82) is 0 Å². The van der Waals surface area contributed by atoms with Gasteiger partial charge in [0.25, 0.3) is 0 Å². The first kappa shape index (κ1) is 16.0. The maximum absolute atomic E-state index is 12.9. The molecule has 4 rings (SSSR count). The molecule has 5 heteroatoms. The third kappa shape index (κ3) is 2.95. The van der Waals surface area contributed by atoms with Gasteiger partial charge in [-0.3, -0.25) is 9.59 Å². The summed E-state index contributed by atoms with van der Waals surface area (Å²) in [7, 11) is 0. The number of hydrogen-bond donors (Lipinski definition) is 0. The predicted octanol–water partition coefficient (Wildman–Crippen LogP) is 4.35. The zero-order chi connectivity index (χ0) is 18.1. The summed E-state index contributed by atoms with van der Waals surface area (Å²) in [5.74, 6) is -0.268. The number of ether oxygens (including phenoxy) is 1. The van der Waals surface area contributed by atoms with Crippen LogP contribution in [0.3, 0.4) is 0 Å². The second kappa shape index (κ2) is 6.44. The van der Waals surface area contributed by atoms with E-state index in [1.165, 1.54) is 24.3 Å². The van der Waals surface area contributed by atoms with Gasteiger partial charge in [-0.1, -0.05) is 12.1 Å². The molecule has 128 valence electrons. The summed E-state index contributed by atoms with van der Waals surface area (Å²) in [4.78, 5) is 24.6. The highest BCUT2D eigenvalue weighted by molar-refractivity contribution is 5.97. The molecule has 0 fully saturated rings. The molecule has 0 saturated carbocycles. The third-order valence-corrected chi connectivity index (χ3v) is 4.09. The van der Waals surface area contributed by atoms with E-state index in [1.807, 2.05) is 0 Å². The maximum atomic E-state index is 12.9. The highest BCUT2D eigenvalue weighted by Gasteiger charge is 2.10. The molecule has 0 saturated heterocycles. The summed E-state index contributed by atoms with van der Waals surface area (Å²) in [6.45, 7) is -0.199. The van der Waals surface area contributed by atoms with Crippen LogP contribution in [0.15, 0.2) is 75.9 Å². The van der Waals surface area contributed by atoms with Gasteiger partial charge in [-0.15, -0.1) is 0 Å². The summed E-state index contributed by atoms with van der Waals surface area (Å²) >= 11 is 0. The van der Waals surface area contributed by atoms with Gasteiger partial charge in [0.05, 0.1) is 10.8 Å². The summed E-state index contributed by atoms with van der Waals surface area (Å²) in [5.41, 5.74) is 1.13. The summed E-state index contributed by atoms with van der Waals surface area (Å²) in [5, 5.41) is 0.959. The van der Waals surface area contributed by atoms with Crippen molar-refractivity contribution >= 4 is 27.7 Å². The van der Waals surface area contributed by atoms with E-state index in [0.717, 1.165) is 0 Å². The molecular weight excluding hydrogens is 335 g/mol. The molecule has 0 unspecified atom stereocenters. The van der Waals surface area contributed by atoms with Gasteiger partial charge in [-0.2, -0.15) is 0 Å². The van der Waals surface area contributed by atoms with E-state index in [2.05, 4.69) is 0 Å². The fourth-order valence-corrected chi connectivity index (χ4v) is 2.74. The number of rotatable bonds is 4. The van der Waals surface area contributed by atoms with Crippen LogP contribution < -0.4 is 10.2 Å². The standard InChI is InChI=1S/C21H13FO4/c22-14-7-5-13(6-8-14)18(23)12-25-15-9-10-17-20(11-15)26-19-4-2-1-3-16(19)21(17)24/h1-11H,12H2. The van der Waals surface area contributed by atoms with Crippen molar-refractivity contribution in [1.82, 2.24) is 0 Å². The minimum Gasteiger partial charge on any atom is -0.485 e. The smallest absolute Gasteiger partial charge is 0.200 e. The molecule has 0 amide bonds. The Morgan fingerprint density at radius 3 is 2.46 bits per heavy atom. The van der Waals surface area contributed by atoms with Gasteiger partial charge >= 0.3 is 0 Å². The van der Waals surface area contributed by atoms with E-state index in [4.69, 9.17) is 9.15 Å². The van der Waals surface area contributed by atoms with Crippen molar-refractivity contribution in [3.05, 3.63) is 88.3 Å². The van der Waals surface area contributed by atoms with Gasteiger partial charge in [0.2, 0.25) is 5.43 Å². The number of para-hydroxylation sites is 1. The Hall–Kier alpha value is -3.47. The minimum absolute atomic E-state index is 0.115. The lowest BCUT2D eigenvalue weighted by Crippen LogP contribution is -2.11. The average Bonchev–Trinajstić information content (AvgIpc) is 2.66. The summed E-state index contributed by atoms with van der Waals surface area (Å²) in [6, 6.07) is 17.1. The molecule has 4 nitrogen and oxygen atoms in total. The summed E-state index contributed by atoms with van der Waals surface area (Å²) < 4.78 is 24.2. The topological polar surface area (TPSA) is 56.5 Å². The second-order valence-electron chi connectivity index (χ2n) is 5.80. The van der Waals surface area contributed by atoms with Gasteiger partial charge in [0.15, 0.2) is 12.4 Å². The van der Waals surface area contributed by atoms with Gasteiger partial charge in [0.1, 0.15) is 22.7 Å². The SMILES string of the molecule is O=C(COc1ccc2c(=O)c3ccccc3oc2c1)c1ccc(F)cc1. The molecule has 3 aromatic carbocycles. The van der Waals surface area contributed by atoms with Crippen molar-refractivity contribution < 1.29 is 18.3 Å². The lowest BCUT2D eigenvalue weighted by molar-refractivity contribution is 0.0921. The molecule has 26 heavy (non-hydrogen) atoms. The number of benzene rings is 3. The van der Waals surface area contributed by atoms with Crippen molar-refractivity contribution in [3.8, 4) is 5.75 Å². The van der Waals surface area contributed by atoms with Crippen LogP contribution in [-0.2, 0) is 0 Å². The fourth-order valence-electron chi connectivity index (χ4n) is 2.74. The molecule has 0 N–H and O–H groups in total. The molecule has 0 aliphatic carbocycles. The van der Waals surface area contributed by atoms with Crippen LogP contribution in [0.1, 0.15) is 10.4 Å². The third-order valence-electron chi connectivity index (χ3n) is 4.09. The number of Topliss-reactive ketones (excluding diaryl/α,β-unsaturated/α-hetero) is 1. The van der Waals surface area contributed by atoms with E-state index in [0.29, 0.717) is 33.3 Å². The number of carbonyl (C=O) groups is 1. The Morgan fingerprint density at radius 2 is 1.65 bits per heavy atom. The Bertz CT molecular complexity index is 1180. The monoisotopic (exact) mass is 348 g/mol. The number of ketones is 1. The number of hydrogen-bond acceptors (Lipinski definition) is 4. The molecule has 0 aliphatic rings. The first-order valence-electron chi connectivity index (χ1n) is 7.99. The van der Waals surface area contributed by atoms with Gasteiger partial charge in [-0.25, -0.2) is 4.39 Å². The van der Waals surface area contributed by atoms with Crippen molar-refractivity contribution in [2.75, 3.05) is 6.61 Å².